The summed E-state index contributed by atoms with van der Waals surface area (Å²) in [7, 11) is -3.76. The molecule has 5 aliphatic carbocycles. The maximum Gasteiger partial charge on any atom is 0.244 e. The van der Waals surface area contributed by atoms with E-state index in [-0.39, 0.29) is 29.8 Å². The van der Waals surface area contributed by atoms with Gasteiger partial charge in [0, 0.05) is 12.6 Å². The van der Waals surface area contributed by atoms with Crippen LogP contribution < -0.4 is 9.62 Å². The highest BCUT2D eigenvalue weighted by Gasteiger charge is 2.51. The van der Waals surface area contributed by atoms with Crippen LogP contribution >= 0.6 is 0 Å². The van der Waals surface area contributed by atoms with Gasteiger partial charge in [-0.2, -0.15) is 0 Å². The van der Waals surface area contributed by atoms with Crippen LogP contribution in [0.3, 0.4) is 0 Å². The lowest BCUT2D eigenvalue weighted by Gasteiger charge is -2.57. The van der Waals surface area contributed by atoms with Crippen LogP contribution in [0.5, 0.6) is 0 Å². The Morgan fingerprint density at radius 2 is 1.50 bits per heavy atom. The van der Waals surface area contributed by atoms with Gasteiger partial charge in [-0.25, -0.2) is 8.42 Å². The fraction of sp³-hybridized carbons (Fsp3) is 0.611. The van der Waals surface area contributed by atoms with Gasteiger partial charge < -0.3 is 10.2 Å². The first-order valence-corrected chi connectivity index (χ1v) is 18.7. The lowest BCUT2D eigenvalue weighted by molar-refractivity contribution is -0.139. The number of carbonyl (C=O) groups excluding carboxylic acids is 2. The fourth-order valence-corrected chi connectivity index (χ4v) is 10.2. The second-order valence-electron chi connectivity index (χ2n) is 14.3. The van der Waals surface area contributed by atoms with Crippen LogP contribution in [0.1, 0.15) is 88.7 Å². The molecule has 1 N–H and O–H groups in total. The van der Waals surface area contributed by atoms with Gasteiger partial charge in [-0.1, -0.05) is 62.2 Å². The molecule has 238 valence electrons. The maximum atomic E-state index is 14.1. The molecule has 0 saturated heterocycles. The third-order valence-electron chi connectivity index (χ3n) is 11.1. The Labute approximate surface area is 263 Å². The van der Waals surface area contributed by atoms with Gasteiger partial charge in [0.2, 0.25) is 21.8 Å². The number of nitrogens with zero attached hydrogens (tertiary/aromatic N) is 2. The van der Waals surface area contributed by atoms with Crippen molar-refractivity contribution in [3.8, 4) is 0 Å². The number of anilines is 1. The van der Waals surface area contributed by atoms with Crippen LogP contribution in [-0.2, 0) is 31.4 Å². The molecule has 5 aliphatic rings. The number of hydrogen-bond donors (Lipinski definition) is 1. The summed E-state index contributed by atoms with van der Waals surface area (Å²) in [6, 6.07) is 17.4. The molecule has 2 amide bonds. The van der Waals surface area contributed by atoms with Gasteiger partial charge in [0.15, 0.2) is 0 Å². The summed E-state index contributed by atoms with van der Waals surface area (Å²) in [6.07, 6.45) is 14.2. The molecule has 44 heavy (non-hydrogen) atoms. The molecule has 8 heteroatoms. The van der Waals surface area contributed by atoms with E-state index in [9.17, 15) is 18.0 Å². The van der Waals surface area contributed by atoms with Crippen LogP contribution in [0.2, 0.25) is 0 Å². The lowest BCUT2D eigenvalue weighted by atomic mass is 9.48. The number of sulfonamides is 1. The molecular weight excluding hydrogens is 570 g/mol. The van der Waals surface area contributed by atoms with E-state index in [1.807, 2.05) is 49.4 Å². The van der Waals surface area contributed by atoms with Crippen molar-refractivity contribution in [2.24, 2.45) is 17.8 Å². The van der Waals surface area contributed by atoms with Gasteiger partial charge in [-0.15, -0.1) is 0 Å². The Morgan fingerprint density at radius 1 is 0.909 bits per heavy atom. The minimum Gasteiger partial charge on any atom is -0.352 e. The number of rotatable bonds is 12. The first kappa shape index (κ1) is 31.1. The van der Waals surface area contributed by atoms with E-state index in [0.29, 0.717) is 25.1 Å². The van der Waals surface area contributed by atoms with Crippen molar-refractivity contribution in [3.05, 3.63) is 65.7 Å². The summed E-state index contributed by atoms with van der Waals surface area (Å²) < 4.78 is 27.5. The minimum absolute atomic E-state index is 0.141. The first-order chi connectivity index (χ1) is 21.1. The van der Waals surface area contributed by atoms with Gasteiger partial charge >= 0.3 is 0 Å². The summed E-state index contributed by atoms with van der Waals surface area (Å²) in [6.45, 7) is 1.92. The zero-order valence-electron chi connectivity index (χ0n) is 26.4. The van der Waals surface area contributed by atoms with E-state index in [1.165, 1.54) is 48.4 Å². The maximum absolute atomic E-state index is 14.1. The standard InChI is InChI=1S/C36H49N3O4S/c1-3-33(35(41)37-31-11-7-8-12-31)38(18-17-26-9-5-4-6-10-26)34(40)25-39(44(2,42)43)32-15-13-30(14-16-32)36-22-27-19-28(23-36)21-29(20-27)24-36/h4-6,9-10,13-16,27-29,31,33H,3,7-8,11-12,17-25H2,1-2H3,(H,37,41)/t27?,28?,29?,33-,36?/m1/s1. The molecule has 7 nitrogen and oxygen atoms in total. The Balaban J connectivity index is 1.22. The fourth-order valence-electron chi connectivity index (χ4n) is 9.32. The largest absolute Gasteiger partial charge is 0.352 e. The number of nitrogens with one attached hydrogen (secondary N) is 1. The SMILES string of the molecule is CC[C@H](C(=O)NC1CCCC1)N(CCc1ccccc1)C(=O)CN(c1ccc(C23CC4CC(CC(C4)C2)C3)cc1)S(C)(=O)=O. The van der Waals surface area contributed by atoms with Crippen molar-refractivity contribution < 1.29 is 18.0 Å². The topological polar surface area (TPSA) is 86.8 Å². The predicted molar refractivity (Wildman–Crippen MR) is 175 cm³/mol. The number of amides is 2. The lowest BCUT2D eigenvalue weighted by Crippen LogP contribution is -2.54. The molecule has 4 bridgehead atoms. The summed E-state index contributed by atoms with van der Waals surface area (Å²) in [5.74, 6) is 1.97. The Hall–Kier alpha value is -2.87. The Kier molecular flexibility index (Phi) is 9.10. The third-order valence-corrected chi connectivity index (χ3v) is 12.2. The summed E-state index contributed by atoms with van der Waals surface area (Å²) in [4.78, 5) is 29.2. The van der Waals surface area contributed by atoms with Crippen molar-refractivity contribution in [3.63, 3.8) is 0 Å². The first-order valence-electron chi connectivity index (χ1n) is 16.9. The van der Waals surface area contributed by atoms with E-state index >= 15 is 0 Å². The van der Waals surface area contributed by atoms with Crippen LogP contribution in [-0.4, -0.2) is 56.6 Å². The molecule has 0 heterocycles. The average molecular weight is 620 g/mol. The van der Waals surface area contributed by atoms with Crippen LogP contribution in [0, 0.1) is 17.8 Å². The zero-order valence-corrected chi connectivity index (χ0v) is 27.2. The molecule has 0 radical (unpaired) electrons. The van der Waals surface area contributed by atoms with Gasteiger partial charge in [0.1, 0.15) is 12.6 Å². The molecular formula is C36H49N3O4S. The Morgan fingerprint density at radius 3 is 2.05 bits per heavy atom. The van der Waals surface area contributed by atoms with Gasteiger partial charge in [-0.3, -0.25) is 13.9 Å². The van der Waals surface area contributed by atoms with Gasteiger partial charge in [0.05, 0.1) is 11.9 Å². The highest BCUT2D eigenvalue weighted by atomic mass is 32.2. The second-order valence-corrected chi connectivity index (χ2v) is 16.2. The van der Waals surface area contributed by atoms with E-state index < -0.39 is 16.1 Å². The van der Waals surface area contributed by atoms with E-state index in [0.717, 1.165) is 55.3 Å². The zero-order chi connectivity index (χ0) is 30.9. The van der Waals surface area contributed by atoms with Crippen LogP contribution in [0.4, 0.5) is 5.69 Å². The smallest absolute Gasteiger partial charge is 0.244 e. The van der Waals surface area contributed by atoms with Crippen molar-refractivity contribution in [1.82, 2.24) is 10.2 Å². The second kappa shape index (κ2) is 12.9. The molecule has 0 unspecified atom stereocenters. The van der Waals surface area contributed by atoms with Crippen molar-refractivity contribution in [1.29, 1.82) is 0 Å². The highest BCUT2D eigenvalue weighted by molar-refractivity contribution is 7.92. The predicted octanol–water partition coefficient (Wildman–Crippen LogP) is 5.83. The molecule has 2 aromatic rings. The van der Waals surface area contributed by atoms with E-state index in [1.54, 1.807) is 4.90 Å². The summed E-state index contributed by atoms with van der Waals surface area (Å²) in [5, 5.41) is 3.17. The summed E-state index contributed by atoms with van der Waals surface area (Å²) >= 11 is 0. The number of carbonyl (C=O) groups is 2. The molecule has 0 spiro atoms. The molecule has 7 rings (SSSR count). The normalized spacial score (nSPS) is 26.8. The molecule has 1 atom stereocenters. The molecule has 0 aliphatic heterocycles. The third kappa shape index (κ3) is 6.70. The van der Waals surface area contributed by atoms with Gasteiger partial charge in [0.25, 0.3) is 0 Å². The van der Waals surface area contributed by atoms with Crippen LogP contribution in [0.15, 0.2) is 54.6 Å². The molecule has 0 aromatic heterocycles. The van der Waals surface area contributed by atoms with Crippen molar-refractivity contribution in [2.45, 2.75) is 101 Å². The quantitative estimate of drug-likeness (QED) is 0.324. The molecule has 5 saturated carbocycles. The van der Waals surface area contributed by atoms with Crippen molar-refractivity contribution >= 4 is 27.5 Å². The average Bonchev–Trinajstić information content (AvgIpc) is 3.50. The Bertz CT molecular complexity index is 1380. The highest BCUT2D eigenvalue weighted by Crippen LogP contribution is 2.60. The van der Waals surface area contributed by atoms with Crippen molar-refractivity contribution in [2.75, 3.05) is 23.7 Å². The summed E-state index contributed by atoms with van der Waals surface area (Å²) in [5.41, 5.74) is 3.10. The van der Waals surface area contributed by atoms with Gasteiger partial charge in [-0.05, 0) is 111 Å². The van der Waals surface area contributed by atoms with Crippen LogP contribution in [0.25, 0.3) is 0 Å². The minimum atomic E-state index is -3.76. The molecule has 5 fully saturated rings. The molecule has 2 aromatic carbocycles. The van der Waals surface area contributed by atoms with E-state index in [2.05, 4.69) is 17.4 Å². The van der Waals surface area contributed by atoms with E-state index in [4.69, 9.17) is 0 Å². The monoisotopic (exact) mass is 619 g/mol. The number of hydrogen-bond acceptors (Lipinski definition) is 4. The number of benzene rings is 2.